The molecular weight excluding hydrogens is 332 g/mol. The monoisotopic (exact) mass is 356 g/mol. The third-order valence-electron chi connectivity index (χ3n) is 5.01. The number of carbonyl (C=O) groups is 2. The number of aromatic amines is 1. The molecule has 0 unspecified atom stereocenters. The number of piperazine rings is 1. The van der Waals surface area contributed by atoms with Crippen molar-refractivity contribution >= 4 is 11.8 Å². The van der Waals surface area contributed by atoms with Crippen molar-refractivity contribution in [3.05, 3.63) is 57.3 Å². The molecule has 7 nitrogen and oxygen atoms in total. The zero-order valence-corrected chi connectivity index (χ0v) is 15.4. The van der Waals surface area contributed by atoms with Gasteiger partial charge in [0.2, 0.25) is 5.56 Å². The van der Waals surface area contributed by atoms with E-state index in [0.29, 0.717) is 31.7 Å². The van der Waals surface area contributed by atoms with Gasteiger partial charge in [0.25, 0.3) is 11.8 Å². The Morgan fingerprint density at radius 1 is 1.04 bits per heavy atom. The van der Waals surface area contributed by atoms with Crippen LogP contribution in [0.2, 0.25) is 0 Å². The van der Waals surface area contributed by atoms with Gasteiger partial charge < -0.3 is 19.4 Å². The summed E-state index contributed by atoms with van der Waals surface area (Å²) in [6.07, 6.45) is 1.43. The van der Waals surface area contributed by atoms with E-state index < -0.39 is 0 Å². The van der Waals surface area contributed by atoms with Crippen LogP contribution in [0.25, 0.3) is 0 Å². The number of nitrogens with zero attached hydrogens (tertiary/aromatic N) is 3. The maximum absolute atomic E-state index is 12.9. The van der Waals surface area contributed by atoms with Gasteiger partial charge in [-0.25, -0.2) is 0 Å². The number of aromatic nitrogens is 2. The Morgan fingerprint density at radius 2 is 1.65 bits per heavy atom. The number of H-pyrrole nitrogens is 1. The van der Waals surface area contributed by atoms with E-state index in [1.165, 1.54) is 18.3 Å². The molecule has 138 valence electrons. The third kappa shape index (κ3) is 3.29. The Balaban J connectivity index is 1.66. The molecule has 0 spiro atoms. The van der Waals surface area contributed by atoms with Crippen LogP contribution in [0.3, 0.4) is 0 Å². The van der Waals surface area contributed by atoms with Gasteiger partial charge in [-0.3, -0.25) is 14.4 Å². The first-order chi connectivity index (χ1) is 12.4. The van der Waals surface area contributed by atoms with E-state index in [9.17, 15) is 14.4 Å². The fourth-order valence-corrected chi connectivity index (χ4v) is 3.51. The third-order valence-corrected chi connectivity index (χ3v) is 5.01. The van der Waals surface area contributed by atoms with Gasteiger partial charge in [0.05, 0.1) is 11.1 Å². The fraction of sp³-hybridized carbons (Fsp3) is 0.421. The molecule has 0 atom stereocenters. The topological polar surface area (TPSA) is 78.4 Å². The summed E-state index contributed by atoms with van der Waals surface area (Å²) < 4.78 is 2.13. The van der Waals surface area contributed by atoms with Crippen molar-refractivity contribution in [2.75, 3.05) is 26.2 Å². The average molecular weight is 356 g/mol. The molecule has 0 bridgehead atoms. The number of nitrogens with one attached hydrogen (secondary N) is 1. The summed E-state index contributed by atoms with van der Waals surface area (Å²) in [7, 11) is 0. The summed E-state index contributed by atoms with van der Waals surface area (Å²) in [6.45, 7) is 8.86. The molecule has 1 fully saturated rings. The minimum atomic E-state index is -0.235. The van der Waals surface area contributed by atoms with Crippen molar-refractivity contribution in [3.8, 4) is 0 Å². The van der Waals surface area contributed by atoms with Gasteiger partial charge in [-0.1, -0.05) is 0 Å². The number of hydrogen-bond acceptors (Lipinski definition) is 3. The summed E-state index contributed by atoms with van der Waals surface area (Å²) in [6, 6.07) is 4.81. The van der Waals surface area contributed by atoms with Gasteiger partial charge in [0.1, 0.15) is 0 Å². The molecule has 26 heavy (non-hydrogen) atoms. The summed E-state index contributed by atoms with van der Waals surface area (Å²) in [5.41, 5.74) is 3.03. The van der Waals surface area contributed by atoms with Crippen LogP contribution < -0.4 is 5.56 Å². The maximum atomic E-state index is 12.9. The van der Waals surface area contributed by atoms with Crippen LogP contribution >= 0.6 is 0 Å². The molecule has 2 amide bonds. The van der Waals surface area contributed by atoms with E-state index in [2.05, 4.69) is 16.5 Å². The average Bonchev–Trinajstić information content (AvgIpc) is 2.95. The van der Waals surface area contributed by atoms with Gasteiger partial charge in [-0.15, -0.1) is 0 Å². The molecule has 1 aliphatic heterocycles. The maximum Gasteiger partial charge on any atom is 0.255 e. The van der Waals surface area contributed by atoms with E-state index in [0.717, 1.165) is 23.5 Å². The Bertz CT molecular complexity index is 868. The van der Waals surface area contributed by atoms with Crippen molar-refractivity contribution in [1.29, 1.82) is 0 Å². The van der Waals surface area contributed by atoms with E-state index in [1.807, 2.05) is 19.9 Å². The number of aryl methyl sites for hydroxylation is 1. The molecular formula is C19H24N4O3. The first kappa shape index (κ1) is 18.0. The molecule has 7 heteroatoms. The molecule has 2 aromatic heterocycles. The standard InChI is InChI=1S/C19H24N4O3/c1-4-23-13(2)11-16(14(23)3)19(26)22-9-7-21(8-10-22)18(25)15-5-6-17(24)20-12-15/h5-6,11-12H,4,7-10H2,1-3H3,(H,20,24). The second-order valence-electron chi connectivity index (χ2n) is 6.56. The summed E-state index contributed by atoms with van der Waals surface area (Å²) in [5, 5.41) is 0. The molecule has 0 aromatic carbocycles. The van der Waals surface area contributed by atoms with Crippen molar-refractivity contribution in [1.82, 2.24) is 19.4 Å². The highest BCUT2D eigenvalue weighted by Gasteiger charge is 2.27. The van der Waals surface area contributed by atoms with Crippen LogP contribution in [0.15, 0.2) is 29.2 Å². The van der Waals surface area contributed by atoms with Crippen LogP contribution in [-0.2, 0) is 6.54 Å². The number of amides is 2. The predicted molar refractivity (Wildman–Crippen MR) is 98.4 cm³/mol. The SMILES string of the molecule is CCn1c(C)cc(C(=O)N2CCN(C(=O)c3ccc(=O)[nH]c3)CC2)c1C. The van der Waals surface area contributed by atoms with Gasteiger partial charge in [-0.2, -0.15) is 0 Å². The molecule has 3 heterocycles. The number of hydrogen-bond donors (Lipinski definition) is 1. The molecule has 2 aromatic rings. The second-order valence-corrected chi connectivity index (χ2v) is 6.56. The van der Waals surface area contributed by atoms with Gasteiger partial charge in [-0.05, 0) is 32.9 Å². The van der Waals surface area contributed by atoms with Crippen LogP contribution in [0, 0.1) is 13.8 Å². The zero-order valence-electron chi connectivity index (χ0n) is 15.4. The van der Waals surface area contributed by atoms with E-state index in [4.69, 9.17) is 0 Å². The van der Waals surface area contributed by atoms with Gasteiger partial charge in [0, 0.05) is 56.4 Å². The van der Waals surface area contributed by atoms with Crippen LogP contribution in [0.4, 0.5) is 0 Å². The lowest BCUT2D eigenvalue weighted by Gasteiger charge is -2.34. The van der Waals surface area contributed by atoms with Crippen molar-refractivity contribution < 1.29 is 9.59 Å². The molecule has 3 rings (SSSR count). The van der Waals surface area contributed by atoms with Crippen LogP contribution in [-0.4, -0.2) is 57.3 Å². The number of pyridine rings is 1. The molecule has 1 saturated heterocycles. The Kier molecular flexibility index (Phi) is 4.97. The Morgan fingerprint density at radius 3 is 2.15 bits per heavy atom. The Hall–Kier alpha value is -2.83. The quantitative estimate of drug-likeness (QED) is 0.903. The molecule has 0 aliphatic carbocycles. The summed E-state index contributed by atoms with van der Waals surface area (Å²) >= 11 is 0. The first-order valence-corrected chi connectivity index (χ1v) is 8.86. The molecule has 1 aliphatic rings. The largest absolute Gasteiger partial charge is 0.349 e. The molecule has 0 saturated carbocycles. The summed E-state index contributed by atoms with van der Waals surface area (Å²) in [4.78, 5) is 42.5. The van der Waals surface area contributed by atoms with Gasteiger partial charge in [0.15, 0.2) is 0 Å². The fourth-order valence-electron chi connectivity index (χ4n) is 3.51. The van der Waals surface area contributed by atoms with Gasteiger partial charge >= 0.3 is 0 Å². The minimum absolute atomic E-state index is 0.0222. The van der Waals surface area contributed by atoms with Crippen molar-refractivity contribution in [2.45, 2.75) is 27.3 Å². The smallest absolute Gasteiger partial charge is 0.255 e. The van der Waals surface area contributed by atoms with E-state index in [-0.39, 0.29) is 17.4 Å². The number of carbonyl (C=O) groups excluding carboxylic acids is 2. The lowest BCUT2D eigenvalue weighted by molar-refractivity contribution is 0.0534. The highest BCUT2D eigenvalue weighted by atomic mass is 16.2. The lowest BCUT2D eigenvalue weighted by Crippen LogP contribution is -2.50. The predicted octanol–water partition coefficient (Wildman–Crippen LogP) is 1.41. The van der Waals surface area contributed by atoms with Crippen LogP contribution in [0.1, 0.15) is 39.0 Å². The minimum Gasteiger partial charge on any atom is -0.349 e. The second kappa shape index (κ2) is 7.19. The molecule has 1 N–H and O–H groups in total. The van der Waals surface area contributed by atoms with E-state index >= 15 is 0 Å². The molecule has 0 radical (unpaired) electrons. The van der Waals surface area contributed by atoms with Crippen molar-refractivity contribution in [2.24, 2.45) is 0 Å². The summed E-state index contributed by atoms with van der Waals surface area (Å²) in [5.74, 6) is -0.105. The normalized spacial score (nSPS) is 14.6. The zero-order chi connectivity index (χ0) is 18.8. The van der Waals surface area contributed by atoms with E-state index in [1.54, 1.807) is 9.80 Å². The van der Waals surface area contributed by atoms with Crippen LogP contribution in [0.5, 0.6) is 0 Å². The highest BCUT2D eigenvalue weighted by Crippen LogP contribution is 2.18. The lowest BCUT2D eigenvalue weighted by atomic mass is 10.2. The van der Waals surface area contributed by atoms with Crippen molar-refractivity contribution in [3.63, 3.8) is 0 Å². The highest BCUT2D eigenvalue weighted by molar-refractivity contribution is 5.96. The first-order valence-electron chi connectivity index (χ1n) is 8.86. The number of rotatable bonds is 3. The Labute approximate surface area is 152 Å².